The molecule has 0 aliphatic heterocycles. The quantitative estimate of drug-likeness (QED) is 0.235. The van der Waals surface area contributed by atoms with E-state index in [1.54, 1.807) is 13.2 Å². The van der Waals surface area contributed by atoms with Crippen LogP contribution in [-0.4, -0.2) is 78.7 Å². The summed E-state index contributed by atoms with van der Waals surface area (Å²) in [5.74, 6) is 0.508. The molecular formula is C32H41N7O3. The zero-order valence-electron chi connectivity index (χ0n) is 25.1. The molecule has 0 aliphatic rings. The topological polar surface area (TPSA) is 119 Å². The number of carbonyl (C=O) groups is 2. The van der Waals surface area contributed by atoms with Gasteiger partial charge in [-0.15, -0.1) is 0 Å². The molecule has 2 heterocycles. The number of hydrogen-bond acceptors (Lipinski definition) is 7. The monoisotopic (exact) mass is 571 g/mol. The molecule has 3 N–H and O–H groups in total. The largest absolute Gasteiger partial charge is 0.383 e. The number of anilines is 2. The number of rotatable bonds is 14. The molecule has 222 valence electrons. The number of nitrogens with one attached hydrogen (secondary N) is 1. The number of benzene rings is 2. The van der Waals surface area contributed by atoms with E-state index in [1.807, 2.05) is 73.8 Å². The number of fused-ring (bicyclic) bond motifs is 1. The Morgan fingerprint density at radius 1 is 1.00 bits per heavy atom. The summed E-state index contributed by atoms with van der Waals surface area (Å²) >= 11 is 0. The highest BCUT2D eigenvalue weighted by Gasteiger charge is 2.26. The number of carbonyl (C=O) groups excluding carboxylic acids is 2. The third-order valence-electron chi connectivity index (χ3n) is 6.98. The van der Waals surface area contributed by atoms with Gasteiger partial charge in [0.25, 0.3) is 5.91 Å². The number of primary amides is 1. The normalized spacial score (nSPS) is 11.3. The van der Waals surface area contributed by atoms with Crippen LogP contribution in [-0.2, 0) is 16.1 Å². The first-order chi connectivity index (χ1) is 20.2. The van der Waals surface area contributed by atoms with E-state index < -0.39 is 5.91 Å². The Hall–Kier alpha value is -4.44. The summed E-state index contributed by atoms with van der Waals surface area (Å²) in [5.41, 5.74) is 8.88. The van der Waals surface area contributed by atoms with Crippen LogP contribution in [0.4, 0.5) is 11.8 Å². The maximum absolute atomic E-state index is 13.8. The van der Waals surface area contributed by atoms with Crippen LogP contribution in [0.5, 0.6) is 0 Å². The molecule has 2 aromatic heterocycles. The van der Waals surface area contributed by atoms with E-state index in [2.05, 4.69) is 29.6 Å². The molecule has 10 heteroatoms. The predicted molar refractivity (Wildman–Crippen MR) is 167 cm³/mol. The van der Waals surface area contributed by atoms with Gasteiger partial charge in [0, 0.05) is 46.8 Å². The van der Waals surface area contributed by atoms with Crippen molar-refractivity contribution in [2.45, 2.75) is 26.3 Å². The Balaban J connectivity index is 1.77. The fourth-order valence-corrected chi connectivity index (χ4v) is 5.12. The number of aromatic nitrogens is 3. The summed E-state index contributed by atoms with van der Waals surface area (Å²) in [6.45, 7) is 5.55. The van der Waals surface area contributed by atoms with E-state index in [9.17, 15) is 9.59 Å². The molecule has 0 atom stereocenters. The van der Waals surface area contributed by atoms with Gasteiger partial charge in [0.2, 0.25) is 11.9 Å². The molecule has 0 radical (unpaired) electrons. The third kappa shape index (κ3) is 7.25. The number of ether oxygens (including phenoxy) is 1. The summed E-state index contributed by atoms with van der Waals surface area (Å²) in [6.07, 6.45) is 0. The first-order valence-electron chi connectivity index (χ1n) is 14.2. The van der Waals surface area contributed by atoms with E-state index >= 15 is 0 Å². The second-order valence-corrected chi connectivity index (χ2v) is 11.0. The highest BCUT2D eigenvalue weighted by Crippen LogP contribution is 2.30. The smallest absolute Gasteiger partial charge is 0.271 e. The van der Waals surface area contributed by atoms with Crippen molar-refractivity contribution < 1.29 is 14.3 Å². The Morgan fingerprint density at radius 2 is 1.62 bits per heavy atom. The van der Waals surface area contributed by atoms with Crippen molar-refractivity contribution in [3.8, 4) is 0 Å². The van der Waals surface area contributed by atoms with Crippen molar-refractivity contribution >= 4 is 34.6 Å². The molecule has 0 fully saturated rings. The fourth-order valence-electron chi connectivity index (χ4n) is 5.12. The summed E-state index contributed by atoms with van der Waals surface area (Å²) < 4.78 is 7.23. The van der Waals surface area contributed by atoms with E-state index in [1.165, 1.54) is 16.0 Å². The summed E-state index contributed by atoms with van der Waals surface area (Å²) in [6, 6.07) is 22.5. The number of nitrogens with zero attached hydrogens (tertiary/aromatic N) is 5. The lowest BCUT2D eigenvalue weighted by atomic mass is 9.91. The number of nitrogens with two attached hydrogens (primary N) is 1. The van der Waals surface area contributed by atoms with Gasteiger partial charge >= 0.3 is 0 Å². The molecule has 2 aromatic carbocycles. The maximum Gasteiger partial charge on any atom is 0.271 e. The maximum atomic E-state index is 13.8. The molecule has 10 nitrogen and oxygen atoms in total. The zero-order chi connectivity index (χ0) is 30.2. The van der Waals surface area contributed by atoms with Crippen molar-refractivity contribution in [3.05, 3.63) is 83.6 Å². The van der Waals surface area contributed by atoms with Crippen LogP contribution in [0.1, 0.15) is 41.4 Å². The lowest BCUT2D eigenvalue weighted by Crippen LogP contribution is -2.41. The average molecular weight is 572 g/mol. The van der Waals surface area contributed by atoms with Gasteiger partial charge in [-0.1, -0.05) is 74.5 Å². The first kappa shape index (κ1) is 30.5. The Labute approximate surface area is 247 Å². The molecule has 4 rings (SSSR count). The lowest BCUT2D eigenvalue weighted by Gasteiger charge is -2.24. The second-order valence-electron chi connectivity index (χ2n) is 11.0. The van der Waals surface area contributed by atoms with Crippen LogP contribution < -0.4 is 16.0 Å². The van der Waals surface area contributed by atoms with Crippen LogP contribution in [0, 0.1) is 5.92 Å². The molecule has 0 aliphatic carbocycles. The lowest BCUT2D eigenvalue weighted by molar-refractivity contribution is -0.118. The number of methoxy groups -OCH3 is 1. The third-order valence-corrected chi connectivity index (χ3v) is 6.98. The molecule has 0 unspecified atom stereocenters. The van der Waals surface area contributed by atoms with Crippen molar-refractivity contribution in [2.24, 2.45) is 11.7 Å². The standard InChI is InChI=1S/C32H41N7O3/c1-22(2)20-38(21-28(33)40)31(41)27-18-25-29(37(3)4)35-32(36-30(25)39(27)16-17-42-5)34-19-26(23-12-8-6-9-13-23)24-14-10-7-11-15-24/h6-15,18,22,26H,16-17,19-21H2,1-5H3,(H2,33,40)(H,34,35,36). The van der Waals surface area contributed by atoms with Gasteiger partial charge in [-0.3, -0.25) is 9.59 Å². The highest BCUT2D eigenvalue weighted by molar-refractivity contribution is 6.02. The van der Waals surface area contributed by atoms with Gasteiger partial charge < -0.3 is 30.2 Å². The molecule has 0 spiro atoms. The van der Waals surface area contributed by atoms with Gasteiger partial charge in [0.1, 0.15) is 17.2 Å². The van der Waals surface area contributed by atoms with Gasteiger partial charge in [-0.05, 0) is 23.1 Å². The van der Waals surface area contributed by atoms with Crippen LogP contribution in [0.15, 0.2) is 66.7 Å². The SMILES string of the molecule is COCCn1c(C(=O)N(CC(N)=O)CC(C)C)cc2c(N(C)C)nc(NCC(c3ccccc3)c3ccccc3)nc21. The Kier molecular flexibility index (Phi) is 10.1. The van der Waals surface area contributed by atoms with Gasteiger partial charge in [0.15, 0.2) is 0 Å². The van der Waals surface area contributed by atoms with Crippen LogP contribution in [0.3, 0.4) is 0 Å². The summed E-state index contributed by atoms with van der Waals surface area (Å²) in [7, 11) is 5.44. The van der Waals surface area contributed by atoms with Gasteiger partial charge in [0.05, 0.1) is 18.5 Å². The minimum Gasteiger partial charge on any atom is -0.383 e. The summed E-state index contributed by atoms with van der Waals surface area (Å²) in [4.78, 5) is 38.9. The second kappa shape index (κ2) is 14.0. The van der Waals surface area contributed by atoms with Crippen LogP contribution in [0.2, 0.25) is 0 Å². The molecule has 42 heavy (non-hydrogen) atoms. The molecule has 0 saturated heterocycles. The fraction of sp³-hybridized carbons (Fsp3) is 0.375. The van der Waals surface area contributed by atoms with E-state index in [-0.39, 0.29) is 24.3 Å². The predicted octanol–water partition coefficient (Wildman–Crippen LogP) is 3.97. The minimum absolute atomic E-state index is 0.0744. The number of amides is 2. The first-order valence-corrected chi connectivity index (χ1v) is 14.2. The number of hydrogen-bond donors (Lipinski definition) is 2. The molecule has 4 aromatic rings. The van der Waals surface area contributed by atoms with Crippen molar-refractivity contribution in [1.82, 2.24) is 19.4 Å². The van der Waals surface area contributed by atoms with E-state index in [0.717, 1.165) is 5.39 Å². The summed E-state index contributed by atoms with van der Waals surface area (Å²) in [5, 5.41) is 4.21. The van der Waals surface area contributed by atoms with Crippen LogP contribution in [0.25, 0.3) is 11.0 Å². The van der Waals surface area contributed by atoms with Gasteiger partial charge in [-0.2, -0.15) is 9.97 Å². The van der Waals surface area contributed by atoms with E-state index in [0.29, 0.717) is 49.3 Å². The van der Waals surface area contributed by atoms with Gasteiger partial charge in [-0.25, -0.2) is 0 Å². The Morgan fingerprint density at radius 3 is 2.14 bits per heavy atom. The van der Waals surface area contributed by atoms with Crippen LogP contribution >= 0.6 is 0 Å². The minimum atomic E-state index is -0.560. The Bertz CT molecular complexity index is 1450. The molecular weight excluding hydrogens is 530 g/mol. The highest BCUT2D eigenvalue weighted by atomic mass is 16.5. The van der Waals surface area contributed by atoms with Crippen molar-refractivity contribution in [1.29, 1.82) is 0 Å². The molecule has 0 bridgehead atoms. The van der Waals surface area contributed by atoms with Crippen molar-refractivity contribution in [2.75, 3.05) is 57.7 Å². The van der Waals surface area contributed by atoms with Crippen molar-refractivity contribution in [3.63, 3.8) is 0 Å². The molecule has 0 saturated carbocycles. The molecule has 2 amide bonds. The van der Waals surface area contributed by atoms with E-state index in [4.69, 9.17) is 20.4 Å². The average Bonchev–Trinajstić information content (AvgIpc) is 3.33. The zero-order valence-corrected chi connectivity index (χ0v) is 25.1.